The van der Waals surface area contributed by atoms with E-state index in [0.717, 1.165) is 5.92 Å². The van der Waals surface area contributed by atoms with Crippen molar-refractivity contribution in [2.45, 2.75) is 74.1 Å². The molecule has 0 aromatic heterocycles. The van der Waals surface area contributed by atoms with Gasteiger partial charge >= 0.3 is 0 Å². The Hall–Kier alpha value is 0. The number of unbranched alkanes of at least 4 members (excludes halogenated alkanes) is 2. The molecule has 0 heterocycles. The van der Waals surface area contributed by atoms with Crippen LogP contribution in [-0.2, 0) is 0 Å². The van der Waals surface area contributed by atoms with Gasteiger partial charge in [0.25, 0.3) is 0 Å². The molecule has 0 saturated heterocycles. The SMILES string of the molecule is CC.CCC(C)C.CCCCC. The molecule has 0 aliphatic heterocycles. The zero-order valence-corrected chi connectivity index (χ0v) is 10.4. The third-order valence-electron chi connectivity index (χ3n) is 1.52. The van der Waals surface area contributed by atoms with E-state index in [1.807, 2.05) is 13.8 Å². The summed E-state index contributed by atoms with van der Waals surface area (Å²) in [4.78, 5) is 0. The molecule has 0 N–H and O–H groups in total. The summed E-state index contributed by atoms with van der Waals surface area (Å²) >= 11 is 0. The van der Waals surface area contributed by atoms with Crippen molar-refractivity contribution >= 4 is 0 Å². The zero-order chi connectivity index (χ0) is 10.4. The van der Waals surface area contributed by atoms with Gasteiger partial charge in [-0.15, -0.1) is 0 Å². The number of rotatable bonds is 3. The van der Waals surface area contributed by atoms with E-state index in [9.17, 15) is 0 Å². The molecule has 0 saturated carbocycles. The average molecular weight is 174 g/mol. The van der Waals surface area contributed by atoms with Crippen molar-refractivity contribution < 1.29 is 0 Å². The molecule has 0 nitrogen and oxygen atoms in total. The maximum Gasteiger partial charge on any atom is -0.0474 e. The molecule has 0 bridgehead atoms. The summed E-state index contributed by atoms with van der Waals surface area (Å²) in [6.45, 7) is 15.1. The molecule has 0 rings (SSSR count). The van der Waals surface area contributed by atoms with Crippen LogP contribution in [0.4, 0.5) is 0 Å². The van der Waals surface area contributed by atoms with E-state index < -0.39 is 0 Å². The van der Waals surface area contributed by atoms with E-state index in [4.69, 9.17) is 0 Å². The Balaban J connectivity index is -0.000000112. The van der Waals surface area contributed by atoms with Crippen LogP contribution in [0.5, 0.6) is 0 Å². The normalized spacial score (nSPS) is 8.00. The van der Waals surface area contributed by atoms with E-state index in [-0.39, 0.29) is 0 Å². The standard InChI is InChI=1S/2C5H12.C2H6/c1-4-5(2)3;1-3-5-4-2;1-2/h5H,4H2,1-3H3;3-5H2,1-2H3;1-2H3. The molecular weight excluding hydrogens is 144 g/mol. The Morgan fingerprint density at radius 2 is 1.08 bits per heavy atom. The quantitative estimate of drug-likeness (QED) is 0.546. The molecule has 0 fully saturated rings. The Morgan fingerprint density at radius 3 is 1.08 bits per heavy atom. The molecule has 78 valence electrons. The summed E-state index contributed by atoms with van der Waals surface area (Å²) in [6, 6.07) is 0. The van der Waals surface area contributed by atoms with Crippen LogP contribution in [-0.4, -0.2) is 0 Å². The van der Waals surface area contributed by atoms with Crippen LogP contribution in [0, 0.1) is 5.92 Å². The minimum atomic E-state index is 0.884. The molecule has 12 heavy (non-hydrogen) atoms. The van der Waals surface area contributed by atoms with Gasteiger partial charge in [-0.25, -0.2) is 0 Å². The van der Waals surface area contributed by atoms with Crippen LogP contribution < -0.4 is 0 Å². The second-order valence-corrected chi connectivity index (χ2v) is 3.16. The first-order valence-corrected chi connectivity index (χ1v) is 5.68. The molecule has 0 atom stereocenters. The highest BCUT2D eigenvalue weighted by atomic mass is 13.9. The molecular formula is C12H30. The van der Waals surface area contributed by atoms with Crippen molar-refractivity contribution in [3.05, 3.63) is 0 Å². The van der Waals surface area contributed by atoms with Gasteiger partial charge in [0.2, 0.25) is 0 Å². The lowest BCUT2D eigenvalue weighted by Crippen LogP contribution is -1.77. The third-order valence-corrected chi connectivity index (χ3v) is 1.52. The maximum atomic E-state index is 2.22. The third kappa shape index (κ3) is 50.6. The first-order valence-electron chi connectivity index (χ1n) is 5.68. The van der Waals surface area contributed by atoms with Crippen LogP contribution in [0.1, 0.15) is 74.1 Å². The Labute approximate surface area is 80.8 Å². The van der Waals surface area contributed by atoms with Crippen LogP contribution in [0.3, 0.4) is 0 Å². The van der Waals surface area contributed by atoms with Crippen molar-refractivity contribution in [2.24, 2.45) is 5.92 Å². The highest BCUT2D eigenvalue weighted by Gasteiger charge is 1.80. The van der Waals surface area contributed by atoms with E-state index in [1.54, 1.807) is 0 Å². The van der Waals surface area contributed by atoms with Gasteiger partial charge in [0.15, 0.2) is 0 Å². The number of hydrogen-bond acceptors (Lipinski definition) is 0. The fourth-order valence-corrected chi connectivity index (χ4v) is 0.354. The van der Waals surface area contributed by atoms with Gasteiger partial charge in [-0.2, -0.15) is 0 Å². The summed E-state index contributed by atoms with van der Waals surface area (Å²) in [5.41, 5.74) is 0. The summed E-state index contributed by atoms with van der Waals surface area (Å²) in [5, 5.41) is 0. The van der Waals surface area contributed by atoms with Crippen LogP contribution in [0.15, 0.2) is 0 Å². The van der Waals surface area contributed by atoms with Gasteiger partial charge in [0, 0.05) is 0 Å². The molecule has 0 heteroatoms. The topological polar surface area (TPSA) is 0 Å². The highest BCUT2D eigenvalue weighted by Crippen LogP contribution is 1.93. The van der Waals surface area contributed by atoms with Gasteiger partial charge < -0.3 is 0 Å². The summed E-state index contributed by atoms with van der Waals surface area (Å²) in [7, 11) is 0. The first-order chi connectivity index (χ1) is 5.68. The molecule has 0 radical (unpaired) electrons. The molecule has 0 aliphatic rings. The van der Waals surface area contributed by atoms with Crippen LogP contribution in [0.2, 0.25) is 0 Å². The van der Waals surface area contributed by atoms with Gasteiger partial charge in [-0.1, -0.05) is 74.1 Å². The maximum absolute atomic E-state index is 2.22. The predicted molar refractivity (Wildman–Crippen MR) is 61.7 cm³/mol. The average Bonchev–Trinajstić information content (AvgIpc) is 2.10. The van der Waals surface area contributed by atoms with Crippen molar-refractivity contribution in [2.75, 3.05) is 0 Å². The second kappa shape index (κ2) is 22.4. The van der Waals surface area contributed by atoms with Crippen LogP contribution in [0.25, 0.3) is 0 Å². The smallest absolute Gasteiger partial charge is 0.0474 e. The summed E-state index contributed by atoms with van der Waals surface area (Å²) in [5.74, 6) is 0.884. The Kier molecular flexibility index (Phi) is 33.5. The lowest BCUT2D eigenvalue weighted by atomic mass is 10.2. The summed E-state index contributed by atoms with van der Waals surface area (Å²) < 4.78 is 0. The monoisotopic (exact) mass is 174 g/mol. The fourth-order valence-electron chi connectivity index (χ4n) is 0.354. The predicted octanol–water partition coefficient (Wildman–Crippen LogP) is 5.28. The van der Waals surface area contributed by atoms with Crippen LogP contribution >= 0.6 is 0 Å². The Morgan fingerprint density at radius 1 is 0.833 bits per heavy atom. The lowest BCUT2D eigenvalue weighted by molar-refractivity contribution is 0.626. The minimum absolute atomic E-state index is 0.884. The Bertz CT molecular complexity index is 35.3. The van der Waals surface area contributed by atoms with Crippen molar-refractivity contribution in [3.8, 4) is 0 Å². The van der Waals surface area contributed by atoms with Gasteiger partial charge in [0.05, 0.1) is 0 Å². The highest BCUT2D eigenvalue weighted by molar-refractivity contribution is 4.32. The van der Waals surface area contributed by atoms with Gasteiger partial charge in [0.1, 0.15) is 0 Å². The van der Waals surface area contributed by atoms with Crippen molar-refractivity contribution in [3.63, 3.8) is 0 Å². The molecule has 0 unspecified atom stereocenters. The second-order valence-electron chi connectivity index (χ2n) is 3.16. The lowest BCUT2D eigenvalue weighted by Gasteiger charge is -1.90. The van der Waals surface area contributed by atoms with E-state index in [0.29, 0.717) is 0 Å². The number of hydrogen-bond donors (Lipinski definition) is 0. The fraction of sp³-hybridized carbons (Fsp3) is 1.00. The molecule has 0 amide bonds. The van der Waals surface area contributed by atoms with E-state index in [1.165, 1.54) is 25.7 Å². The summed E-state index contributed by atoms with van der Waals surface area (Å²) in [6.07, 6.45) is 5.38. The minimum Gasteiger partial charge on any atom is -0.0683 e. The zero-order valence-electron chi connectivity index (χ0n) is 10.4. The van der Waals surface area contributed by atoms with Crippen molar-refractivity contribution in [1.82, 2.24) is 0 Å². The first kappa shape index (κ1) is 17.9. The van der Waals surface area contributed by atoms with Gasteiger partial charge in [-0.05, 0) is 5.92 Å². The molecule has 0 spiro atoms. The van der Waals surface area contributed by atoms with Gasteiger partial charge in [-0.3, -0.25) is 0 Å². The molecule has 0 aromatic rings. The van der Waals surface area contributed by atoms with E-state index >= 15 is 0 Å². The molecule has 0 aromatic carbocycles. The largest absolute Gasteiger partial charge is 0.0683 e. The van der Waals surface area contributed by atoms with E-state index in [2.05, 4.69) is 34.6 Å². The van der Waals surface area contributed by atoms with Crippen molar-refractivity contribution in [1.29, 1.82) is 0 Å². The molecule has 0 aliphatic carbocycles.